The number of carboxylic acids is 1. The van der Waals surface area contributed by atoms with Crippen LogP contribution in [0.25, 0.3) is 43.9 Å². The van der Waals surface area contributed by atoms with E-state index in [1.165, 1.54) is 12.1 Å². The Kier molecular flexibility index (Phi) is 13.2. The number of methoxy groups -OCH3 is 1. The number of benzene rings is 4. The van der Waals surface area contributed by atoms with Gasteiger partial charge in [0.05, 0.1) is 39.2 Å². The lowest BCUT2D eigenvalue weighted by atomic mass is 9.93. The Bertz CT molecular complexity index is 2690. The van der Waals surface area contributed by atoms with Crippen LogP contribution in [0, 0.1) is 12.7 Å². The number of rotatable bonds is 16. The van der Waals surface area contributed by atoms with Gasteiger partial charge in [0, 0.05) is 62.7 Å². The second-order valence-electron chi connectivity index (χ2n) is 14.9. The molecule has 1 aliphatic heterocycles. The second kappa shape index (κ2) is 19.2. The molecule has 1 N–H and O–H groups in total. The summed E-state index contributed by atoms with van der Waals surface area (Å²) in [5.74, 6) is 0.693. The number of nitrogens with zero attached hydrogens (tertiary/aromatic N) is 6. The largest absolute Gasteiger partial charge is 0.496 e. The monoisotopic (exact) mass is 874 g/mol. The zero-order chi connectivity index (χ0) is 43.2. The third-order valence-corrected chi connectivity index (χ3v) is 12.1. The highest BCUT2D eigenvalue weighted by atomic mass is 35.5. The summed E-state index contributed by atoms with van der Waals surface area (Å²) in [6.45, 7) is 7.24. The maximum absolute atomic E-state index is 14.2. The molecule has 1 aliphatic rings. The molecular formula is C47H44ClFN6O6S. The molecule has 8 rings (SSSR count). The van der Waals surface area contributed by atoms with Gasteiger partial charge in [-0.15, -0.1) is 0 Å². The number of carbonyl (C=O) groups is 1. The van der Waals surface area contributed by atoms with Crippen molar-refractivity contribution < 1.29 is 33.2 Å². The quantitative estimate of drug-likeness (QED) is 0.0995. The average Bonchev–Trinajstić information content (AvgIpc) is 3.70. The number of pyridine rings is 1. The van der Waals surface area contributed by atoms with Crippen molar-refractivity contribution in [2.75, 3.05) is 53.5 Å². The number of carboxylic acid groups (broad SMARTS) is 1. The number of aromatic nitrogens is 4. The Balaban J connectivity index is 1.08. The highest BCUT2D eigenvalue weighted by molar-refractivity contribution is 7.13. The van der Waals surface area contributed by atoms with Gasteiger partial charge in [-0.2, -0.15) is 4.37 Å². The van der Waals surface area contributed by atoms with Crippen LogP contribution in [-0.2, 0) is 17.8 Å². The molecule has 12 nitrogen and oxygen atoms in total. The van der Waals surface area contributed by atoms with E-state index in [9.17, 15) is 14.3 Å². The fraction of sp³-hybridized carbons (Fsp3) is 0.255. The molecule has 4 aromatic carbocycles. The van der Waals surface area contributed by atoms with E-state index < -0.39 is 17.9 Å². The molecule has 62 heavy (non-hydrogen) atoms. The van der Waals surface area contributed by atoms with E-state index in [0.29, 0.717) is 78.4 Å². The van der Waals surface area contributed by atoms with Crippen molar-refractivity contribution in [3.63, 3.8) is 0 Å². The second-order valence-corrected chi connectivity index (χ2v) is 16.1. The lowest BCUT2D eigenvalue weighted by Gasteiger charge is -2.32. The van der Waals surface area contributed by atoms with Gasteiger partial charge in [-0.25, -0.2) is 19.2 Å². The van der Waals surface area contributed by atoms with Crippen molar-refractivity contribution in [3.8, 4) is 56.9 Å². The van der Waals surface area contributed by atoms with Crippen molar-refractivity contribution in [2.24, 2.45) is 0 Å². The van der Waals surface area contributed by atoms with Crippen LogP contribution in [0.1, 0.15) is 16.8 Å². The summed E-state index contributed by atoms with van der Waals surface area (Å²) in [6, 6.07) is 26.2. The first-order chi connectivity index (χ1) is 30.2. The van der Waals surface area contributed by atoms with E-state index in [1.54, 1.807) is 49.8 Å². The summed E-state index contributed by atoms with van der Waals surface area (Å²) in [6.07, 6.45) is 1.92. The fourth-order valence-electron chi connectivity index (χ4n) is 7.39. The van der Waals surface area contributed by atoms with E-state index in [2.05, 4.69) is 26.2 Å². The molecule has 0 unspecified atom stereocenters. The normalized spacial score (nSPS) is 13.8. The van der Waals surface area contributed by atoms with E-state index in [4.69, 9.17) is 40.5 Å². The van der Waals surface area contributed by atoms with Gasteiger partial charge in [-0.05, 0) is 96.8 Å². The van der Waals surface area contributed by atoms with Gasteiger partial charge < -0.3 is 29.0 Å². The number of para-hydroxylation sites is 2. The molecule has 318 valence electrons. The Morgan fingerprint density at radius 1 is 0.903 bits per heavy atom. The highest BCUT2D eigenvalue weighted by Gasteiger charge is 2.28. The van der Waals surface area contributed by atoms with Gasteiger partial charge in [0.1, 0.15) is 36.3 Å². The van der Waals surface area contributed by atoms with Crippen molar-refractivity contribution in [2.45, 2.75) is 26.1 Å². The Morgan fingerprint density at radius 3 is 2.44 bits per heavy atom. The van der Waals surface area contributed by atoms with Crippen molar-refractivity contribution in [1.29, 1.82) is 0 Å². The van der Waals surface area contributed by atoms with Gasteiger partial charge in [-0.1, -0.05) is 48.0 Å². The molecule has 0 bridgehead atoms. The number of aliphatic carboxylic acids is 1. The van der Waals surface area contributed by atoms with Gasteiger partial charge in [0.25, 0.3) is 0 Å². The number of ether oxygens (including phenoxy) is 4. The van der Waals surface area contributed by atoms with Crippen LogP contribution >= 0.6 is 23.1 Å². The fourth-order valence-corrected chi connectivity index (χ4v) is 8.31. The van der Waals surface area contributed by atoms with Crippen LogP contribution in [0.2, 0.25) is 5.02 Å². The highest BCUT2D eigenvalue weighted by Crippen LogP contribution is 2.46. The molecule has 15 heteroatoms. The molecule has 0 saturated carbocycles. The van der Waals surface area contributed by atoms with Gasteiger partial charge >= 0.3 is 5.97 Å². The lowest BCUT2D eigenvalue weighted by molar-refractivity contribution is -0.145. The van der Waals surface area contributed by atoms with Gasteiger partial charge in [-0.3, -0.25) is 9.88 Å². The molecule has 0 spiro atoms. The van der Waals surface area contributed by atoms with E-state index in [0.717, 1.165) is 55.4 Å². The molecule has 1 saturated heterocycles. The van der Waals surface area contributed by atoms with E-state index >= 15 is 0 Å². The summed E-state index contributed by atoms with van der Waals surface area (Å²) < 4.78 is 43.8. The molecule has 0 radical (unpaired) electrons. The van der Waals surface area contributed by atoms with Crippen LogP contribution in [0.15, 0.2) is 103 Å². The standard InChI is InChI=1S/C47H44ClFN6O6S/c1-29-34(16-17-38(43(29)48)59-25-24-55-22-20-54(2)21-23-55)41-42-40(27-51-44(41)30-12-14-32(49)15-13-30)62-53-46(42)61-39(47(56)57)26-31-8-4-6-10-36(31)60-28-33-18-19-50-45(52-33)35-9-5-7-11-37(35)58-3/h4-19,27,39H,20-26,28H2,1-3H3,(H,56,57)/t39-/m1/s1. The van der Waals surface area contributed by atoms with Crippen LogP contribution in [0.3, 0.4) is 0 Å². The number of hydrogen-bond donors (Lipinski definition) is 1. The summed E-state index contributed by atoms with van der Waals surface area (Å²) in [5, 5.41) is 11.6. The first-order valence-electron chi connectivity index (χ1n) is 20.1. The average molecular weight is 875 g/mol. The van der Waals surface area contributed by atoms with Crippen LogP contribution in [-0.4, -0.2) is 99.8 Å². The predicted molar refractivity (Wildman–Crippen MR) is 238 cm³/mol. The van der Waals surface area contributed by atoms with E-state index in [-0.39, 0.29) is 18.9 Å². The first-order valence-corrected chi connectivity index (χ1v) is 21.2. The maximum Gasteiger partial charge on any atom is 0.345 e. The van der Waals surface area contributed by atoms with Gasteiger partial charge in [0.15, 0.2) is 5.82 Å². The number of likely N-dealkylation sites (N-methyl/N-ethyl adjacent to an activating group) is 1. The third-order valence-electron chi connectivity index (χ3n) is 10.8. The Morgan fingerprint density at radius 2 is 1.66 bits per heavy atom. The molecule has 0 aliphatic carbocycles. The number of hydrogen-bond acceptors (Lipinski definition) is 12. The molecule has 3 aromatic heterocycles. The summed E-state index contributed by atoms with van der Waals surface area (Å²) in [4.78, 5) is 31.6. The van der Waals surface area contributed by atoms with Crippen LogP contribution in [0.4, 0.5) is 4.39 Å². The van der Waals surface area contributed by atoms with Crippen molar-refractivity contribution in [3.05, 3.63) is 131 Å². The molecule has 4 heterocycles. The predicted octanol–water partition coefficient (Wildman–Crippen LogP) is 8.87. The minimum Gasteiger partial charge on any atom is -0.496 e. The number of halogens is 2. The smallest absolute Gasteiger partial charge is 0.345 e. The summed E-state index contributed by atoms with van der Waals surface area (Å²) >= 11 is 8.19. The van der Waals surface area contributed by atoms with Crippen LogP contribution < -0.4 is 18.9 Å². The lowest BCUT2D eigenvalue weighted by Crippen LogP contribution is -2.45. The Hall–Kier alpha value is -6.19. The van der Waals surface area contributed by atoms with E-state index in [1.807, 2.05) is 55.5 Å². The zero-order valence-corrected chi connectivity index (χ0v) is 36.0. The summed E-state index contributed by atoms with van der Waals surface area (Å²) in [5.41, 5.74) is 5.19. The third kappa shape index (κ3) is 9.48. The van der Waals surface area contributed by atoms with Gasteiger partial charge in [0.2, 0.25) is 12.0 Å². The topological polar surface area (TPSA) is 132 Å². The molecule has 1 fully saturated rings. The summed E-state index contributed by atoms with van der Waals surface area (Å²) in [7, 11) is 3.72. The first kappa shape index (κ1) is 42.5. The molecule has 7 aromatic rings. The number of piperazine rings is 1. The Labute approximate surface area is 367 Å². The van der Waals surface area contributed by atoms with Crippen molar-refractivity contribution >= 4 is 39.2 Å². The minimum absolute atomic E-state index is 0.0446. The number of fused-ring (bicyclic) bond motifs is 1. The maximum atomic E-state index is 14.2. The minimum atomic E-state index is -1.36. The molecule has 1 atom stereocenters. The zero-order valence-electron chi connectivity index (χ0n) is 34.4. The van der Waals surface area contributed by atoms with Crippen molar-refractivity contribution in [1.82, 2.24) is 29.1 Å². The van der Waals surface area contributed by atoms with Crippen LogP contribution in [0.5, 0.6) is 23.1 Å². The molecular weight excluding hydrogens is 831 g/mol. The molecule has 0 amide bonds. The SMILES string of the molecule is COc1ccccc1-c1nccc(COc2ccccc2C[C@@H](Oc2nsc3cnc(-c4ccc(F)cc4)c(-c4ccc(OCCN5CCN(C)CC5)c(Cl)c4C)c23)C(=O)O)n1.